The van der Waals surface area contributed by atoms with E-state index in [0.29, 0.717) is 24.0 Å². The van der Waals surface area contributed by atoms with Crippen molar-refractivity contribution in [3.05, 3.63) is 42.3 Å². The Hall–Kier alpha value is -1.68. The maximum atomic E-state index is 12.4. The van der Waals surface area contributed by atoms with E-state index in [2.05, 4.69) is 6.92 Å². The van der Waals surface area contributed by atoms with Crippen LogP contribution in [-0.2, 0) is 0 Å². The molecule has 1 aliphatic rings. The minimum Gasteiger partial charge on any atom is -0.326 e. The molecule has 1 radical (unpaired) electrons. The SMILES string of the molecule is [CH2]CC(N)C(CCC)N1C(=O)c2ccccc2C1=O. The van der Waals surface area contributed by atoms with Gasteiger partial charge in [-0.05, 0) is 25.0 Å². The van der Waals surface area contributed by atoms with Gasteiger partial charge in [0.25, 0.3) is 11.8 Å². The summed E-state index contributed by atoms with van der Waals surface area (Å²) in [6.45, 7) is 5.80. The van der Waals surface area contributed by atoms with E-state index in [1.807, 2.05) is 6.92 Å². The molecule has 0 aromatic heterocycles. The number of hydrogen-bond acceptors (Lipinski definition) is 3. The number of rotatable bonds is 5. The molecule has 0 aliphatic carbocycles. The van der Waals surface area contributed by atoms with Crippen molar-refractivity contribution in [3.63, 3.8) is 0 Å². The van der Waals surface area contributed by atoms with Gasteiger partial charge in [-0.3, -0.25) is 14.5 Å². The van der Waals surface area contributed by atoms with Crippen LogP contribution in [0.5, 0.6) is 0 Å². The van der Waals surface area contributed by atoms with Crippen LogP contribution in [0, 0.1) is 6.92 Å². The lowest BCUT2D eigenvalue weighted by atomic mass is 10.00. The highest BCUT2D eigenvalue weighted by molar-refractivity contribution is 6.21. The van der Waals surface area contributed by atoms with Crippen molar-refractivity contribution in [2.45, 2.75) is 38.3 Å². The molecule has 101 valence electrons. The molecule has 2 atom stereocenters. The normalized spacial score (nSPS) is 17.5. The summed E-state index contributed by atoms with van der Waals surface area (Å²) in [5.41, 5.74) is 6.99. The van der Waals surface area contributed by atoms with E-state index in [1.54, 1.807) is 24.3 Å². The van der Waals surface area contributed by atoms with Crippen molar-refractivity contribution >= 4 is 11.8 Å². The monoisotopic (exact) mass is 259 g/mol. The van der Waals surface area contributed by atoms with E-state index < -0.39 is 0 Å². The Balaban J connectivity index is 2.36. The number of imide groups is 1. The predicted octanol–water partition coefficient (Wildman–Crippen LogP) is 2.00. The Bertz CT molecular complexity index is 464. The topological polar surface area (TPSA) is 63.4 Å². The van der Waals surface area contributed by atoms with Gasteiger partial charge in [-0.15, -0.1) is 0 Å². The number of carbonyl (C=O) groups is 2. The fourth-order valence-electron chi connectivity index (χ4n) is 2.53. The average molecular weight is 259 g/mol. The standard InChI is InChI=1S/C15H19N2O2/c1-3-7-13(12(16)4-2)17-14(18)10-8-5-6-9-11(10)15(17)19/h5-6,8-9,12-13H,2-4,7,16H2,1H3. The Morgan fingerprint density at radius 2 is 1.74 bits per heavy atom. The Morgan fingerprint density at radius 3 is 2.16 bits per heavy atom. The summed E-state index contributed by atoms with van der Waals surface area (Å²) in [7, 11) is 0. The van der Waals surface area contributed by atoms with Crippen LogP contribution >= 0.6 is 0 Å². The number of carbonyl (C=O) groups excluding carboxylic acids is 2. The summed E-state index contributed by atoms with van der Waals surface area (Å²) >= 11 is 0. The molecule has 0 saturated carbocycles. The van der Waals surface area contributed by atoms with Gasteiger partial charge in [0.2, 0.25) is 0 Å². The summed E-state index contributed by atoms with van der Waals surface area (Å²) < 4.78 is 0. The summed E-state index contributed by atoms with van der Waals surface area (Å²) in [6, 6.07) is 6.37. The molecule has 4 nitrogen and oxygen atoms in total. The highest BCUT2D eigenvalue weighted by atomic mass is 16.2. The molecule has 0 saturated heterocycles. The Morgan fingerprint density at radius 1 is 1.21 bits per heavy atom. The number of fused-ring (bicyclic) bond motifs is 1. The molecule has 2 rings (SSSR count). The van der Waals surface area contributed by atoms with Crippen LogP contribution in [0.2, 0.25) is 0 Å². The third-order valence-electron chi connectivity index (χ3n) is 3.57. The summed E-state index contributed by atoms with van der Waals surface area (Å²) in [4.78, 5) is 26.1. The van der Waals surface area contributed by atoms with Gasteiger partial charge in [-0.25, -0.2) is 0 Å². The molecule has 0 spiro atoms. The minimum atomic E-state index is -0.276. The second-order valence-electron chi connectivity index (χ2n) is 4.83. The lowest BCUT2D eigenvalue weighted by molar-refractivity contribution is 0.0550. The van der Waals surface area contributed by atoms with E-state index in [0.717, 1.165) is 6.42 Å². The largest absolute Gasteiger partial charge is 0.326 e. The van der Waals surface area contributed by atoms with E-state index in [4.69, 9.17) is 5.73 Å². The molecule has 1 aromatic rings. The molecule has 1 aromatic carbocycles. The molecular weight excluding hydrogens is 240 g/mol. The van der Waals surface area contributed by atoms with Gasteiger partial charge in [-0.2, -0.15) is 0 Å². The first-order valence-corrected chi connectivity index (χ1v) is 6.63. The third-order valence-corrected chi connectivity index (χ3v) is 3.57. The van der Waals surface area contributed by atoms with Crippen LogP contribution in [0.3, 0.4) is 0 Å². The van der Waals surface area contributed by atoms with E-state index in [-0.39, 0.29) is 23.9 Å². The van der Waals surface area contributed by atoms with Crippen LogP contribution in [0.1, 0.15) is 46.9 Å². The van der Waals surface area contributed by atoms with Crippen molar-refractivity contribution in [1.29, 1.82) is 0 Å². The predicted molar refractivity (Wildman–Crippen MR) is 73.6 cm³/mol. The van der Waals surface area contributed by atoms with Gasteiger partial charge >= 0.3 is 0 Å². The molecule has 2 amide bonds. The number of amides is 2. The highest BCUT2D eigenvalue weighted by Gasteiger charge is 2.40. The van der Waals surface area contributed by atoms with Crippen molar-refractivity contribution < 1.29 is 9.59 Å². The summed E-state index contributed by atoms with van der Waals surface area (Å²) in [5, 5.41) is 0. The minimum absolute atomic E-state index is 0.233. The number of nitrogens with two attached hydrogens (primary N) is 1. The molecule has 19 heavy (non-hydrogen) atoms. The number of benzene rings is 1. The van der Waals surface area contributed by atoms with Gasteiger partial charge in [0.15, 0.2) is 0 Å². The fourth-order valence-corrected chi connectivity index (χ4v) is 2.53. The average Bonchev–Trinajstić information content (AvgIpc) is 2.68. The fraction of sp³-hybridized carbons (Fsp3) is 0.400. The smallest absolute Gasteiger partial charge is 0.261 e. The lowest BCUT2D eigenvalue weighted by Gasteiger charge is -2.30. The van der Waals surface area contributed by atoms with Crippen LogP contribution in [0.15, 0.2) is 24.3 Å². The van der Waals surface area contributed by atoms with Crippen LogP contribution in [0.4, 0.5) is 0 Å². The molecule has 0 bridgehead atoms. The van der Waals surface area contributed by atoms with Gasteiger partial charge < -0.3 is 5.73 Å². The van der Waals surface area contributed by atoms with Gasteiger partial charge in [-0.1, -0.05) is 32.4 Å². The van der Waals surface area contributed by atoms with Crippen molar-refractivity contribution in [2.75, 3.05) is 0 Å². The second kappa shape index (κ2) is 5.53. The first-order valence-electron chi connectivity index (χ1n) is 6.63. The molecule has 4 heteroatoms. The van der Waals surface area contributed by atoms with Crippen molar-refractivity contribution in [1.82, 2.24) is 4.90 Å². The zero-order valence-corrected chi connectivity index (χ0v) is 11.1. The molecule has 0 fully saturated rings. The highest BCUT2D eigenvalue weighted by Crippen LogP contribution is 2.27. The third kappa shape index (κ3) is 2.28. The van der Waals surface area contributed by atoms with E-state index >= 15 is 0 Å². The van der Waals surface area contributed by atoms with Crippen molar-refractivity contribution in [3.8, 4) is 0 Å². The first kappa shape index (κ1) is 13.7. The quantitative estimate of drug-likeness (QED) is 0.823. The molecule has 1 heterocycles. The van der Waals surface area contributed by atoms with Crippen LogP contribution < -0.4 is 5.73 Å². The zero-order valence-electron chi connectivity index (χ0n) is 11.1. The first-order chi connectivity index (χ1) is 9.11. The Kier molecular flexibility index (Phi) is 4.00. The summed E-state index contributed by atoms with van der Waals surface area (Å²) in [6.07, 6.45) is 2.08. The summed E-state index contributed by atoms with van der Waals surface area (Å²) in [5.74, 6) is -0.467. The number of nitrogens with zero attached hydrogens (tertiary/aromatic N) is 1. The maximum absolute atomic E-state index is 12.4. The van der Waals surface area contributed by atoms with Gasteiger partial charge in [0.1, 0.15) is 0 Å². The molecular formula is C15H19N2O2. The zero-order chi connectivity index (χ0) is 14.0. The van der Waals surface area contributed by atoms with Crippen LogP contribution in [-0.4, -0.2) is 28.8 Å². The van der Waals surface area contributed by atoms with Gasteiger partial charge in [0.05, 0.1) is 17.2 Å². The van der Waals surface area contributed by atoms with Crippen LogP contribution in [0.25, 0.3) is 0 Å². The van der Waals surface area contributed by atoms with Crippen molar-refractivity contribution in [2.24, 2.45) is 5.73 Å². The maximum Gasteiger partial charge on any atom is 0.261 e. The second-order valence-corrected chi connectivity index (χ2v) is 4.83. The Labute approximate surface area is 113 Å². The molecule has 1 aliphatic heterocycles. The van der Waals surface area contributed by atoms with E-state index in [9.17, 15) is 9.59 Å². The lowest BCUT2D eigenvalue weighted by Crippen LogP contribution is -2.50. The number of hydrogen-bond donors (Lipinski definition) is 1. The molecule has 2 N–H and O–H groups in total. The van der Waals surface area contributed by atoms with Gasteiger partial charge in [0, 0.05) is 6.04 Å². The van der Waals surface area contributed by atoms with E-state index in [1.165, 1.54) is 4.90 Å². The molecule has 2 unspecified atom stereocenters.